The molecule has 2 saturated heterocycles. The molecule has 4 fully saturated rings. The van der Waals surface area contributed by atoms with Gasteiger partial charge in [-0.2, -0.15) is 0 Å². The van der Waals surface area contributed by atoms with Gasteiger partial charge >= 0.3 is 6.03 Å². The molecule has 1 spiro atoms. The lowest BCUT2D eigenvalue weighted by atomic mass is 9.68. The summed E-state index contributed by atoms with van der Waals surface area (Å²) in [7, 11) is 4.31. The molecule has 1 aromatic carbocycles. The van der Waals surface area contributed by atoms with Crippen molar-refractivity contribution in [1.29, 1.82) is 0 Å². The quantitative estimate of drug-likeness (QED) is 0.644. The zero-order valence-electron chi connectivity index (χ0n) is 21.1. The third-order valence-corrected chi connectivity index (χ3v) is 9.34. The van der Waals surface area contributed by atoms with Gasteiger partial charge in [-0.25, -0.2) is 4.79 Å². The SMILES string of the molecule is CN(C)C1(c2ccccc2)CCC2(CC1)CN(CC(=O)N1C[C@@H](O)[C@@H](O)C1)C(=O)N2CC1CCC1. The summed E-state index contributed by atoms with van der Waals surface area (Å²) in [5.41, 5.74) is 1.03. The molecule has 8 nitrogen and oxygen atoms in total. The fourth-order valence-corrected chi connectivity index (χ4v) is 6.75. The number of hydrogen-bond acceptors (Lipinski definition) is 5. The van der Waals surface area contributed by atoms with Crippen molar-refractivity contribution in [3.8, 4) is 0 Å². The van der Waals surface area contributed by atoms with Gasteiger partial charge in [0, 0.05) is 31.7 Å². The van der Waals surface area contributed by atoms with Gasteiger partial charge < -0.3 is 24.9 Å². The molecule has 2 aliphatic carbocycles. The van der Waals surface area contributed by atoms with Crippen molar-refractivity contribution in [2.75, 3.05) is 46.8 Å². The third kappa shape index (κ3) is 4.34. The molecule has 0 unspecified atom stereocenters. The first-order valence-electron chi connectivity index (χ1n) is 13.2. The van der Waals surface area contributed by atoms with Crippen LogP contribution >= 0.6 is 0 Å². The predicted molar refractivity (Wildman–Crippen MR) is 133 cm³/mol. The van der Waals surface area contributed by atoms with E-state index in [9.17, 15) is 19.8 Å². The minimum atomic E-state index is -0.912. The van der Waals surface area contributed by atoms with Crippen molar-refractivity contribution < 1.29 is 19.8 Å². The van der Waals surface area contributed by atoms with E-state index in [0.29, 0.717) is 12.5 Å². The highest BCUT2D eigenvalue weighted by molar-refractivity contribution is 5.86. The van der Waals surface area contributed by atoms with Crippen molar-refractivity contribution in [1.82, 2.24) is 19.6 Å². The number of nitrogens with zero attached hydrogens (tertiary/aromatic N) is 4. The van der Waals surface area contributed by atoms with E-state index in [2.05, 4.69) is 54.2 Å². The number of benzene rings is 1. The number of aliphatic hydroxyl groups excluding tert-OH is 2. The lowest BCUT2D eigenvalue weighted by Crippen LogP contribution is -2.56. The van der Waals surface area contributed by atoms with E-state index >= 15 is 0 Å². The average Bonchev–Trinajstić information content (AvgIpc) is 3.28. The number of carbonyl (C=O) groups excluding carboxylic acids is 2. The van der Waals surface area contributed by atoms with Gasteiger partial charge in [0.05, 0.1) is 17.7 Å². The van der Waals surface area contributed by atoms with Crippen LogP contribution in [-0.2, 0) is 10.3 Å². The molecule has 8 heteroatoms. The molecule has 0 aromatic heterocycles. The Bertz CT molecular complexity index is 916. The molecule has 2 N–H and O–H groups in total. The summed E-state index contributed by atoms with van der Waals surface area (Å²) < 4.78 is 0. The van der Waals surface area contributed by atoms with Crippen LogP contribution in [0.25, 0.3) is 0 Å². The minimum absolute atomic E-state index is 0.0126. The number of aliphatic hydroxyl groups is 2. The van der Waals surface area contributed by atoms with E-state index in [1.807, 2.05) is 0 Å². The number of β-amino-alcohol motifs (C(OH)–C–C–N with tert-alkyl or cyclic N) is 2. The molecule has 2 heterocycles. The largest absolute Gasteiger partial charge is 0.388 e. The first-order valence-corrected chi connectivity index (χ1v) is 13.2. The van der Waals surface area contributed by atoms with Gasteiger partial charge in [-0.1, -0.05) is 36.8 Å². The fraction of sp³-hybridized carbons (Fsp3) is 0.704. The smallest absolute Gasteiger partial charge is 0.321 e. The summed E-state index contributed by atoms with van der Waals surface area (Å²) in [5.74, 6) is 0.363. The molecule has 5 rings (SSSR count). The number of carbonyl (C=O) groups is 2. The van der Waals surface area contributed by atoms with Crippen LogP contribution in [-0.4, -0.2) is 106 Å². The standard InChI is InChI=1S/C27H40N4O4/c1-28(2)27(21-9-4-3-5-10-21)13-11-26(12-14-27)19-30(25(35)31(26)15-20-7-6-8-20)18-24(34)29-16-22(32)23(33)17-29/h3-5,9-10,20,22-23,32-33H,6-8,11-19H2,1-2H3/t22-,23+,26?,27?. The molecule has 2 atom stereocenters. The molecule has 35 heavy (non-hydrogen) atoms. The highest BCUT2D eigenvalue weighted by Gasteiger charge is 2.55. The summed E-state index contributed by atoms with van der Waals surface area (Å²) in [6.45, 7) is 1.62. The molecule has 2 saturated carbocycles. The highest BCUT2D eigenvalue weighted by atomic mass is 16.3. The summed E-state index contributed by atoms with van der Waals surface area (Å²) in [4.78, 5) is 34.3. The Balaban J connectivity index is 1.35. The Morgan fingerprint density at radius 3 is 2.20 bits per heavy atom. The van der Waals surface area contributed by atoms with E-state index in [1.54, 1.807) is 4.90 Å². The number of urea groups is 1. The lowest BCUT2D eigenvalue weighted by Gasteiger charge is -2.51. The number of likely N-dealkylation sites (tertiary alicyclic amines) is 1. The van der Waals surface area contributed by atoms with Crippen molar-refractivity contribution in [2.45, 2.75) is 68.2 Å². The second kappa shape index (κ2) is 9.37. The first kappa shape index (κ1) is 24.5. The van der Waals surface area contributed by atoms with Gasteiger partial charge in [-0.3, -0.25) is 9.69 Å². The number of rotatable bonds is 6. The second-order valence-electron chi connectivity index (χ2n) is 11.5. The Hall–Kier alpha value is -2.16. The van der Waals surface area contributed by atoms with Gasteiger partial charge in [0.2, 0.25) is 5.91 Å². The van der Waals surface area contributed by atoms with Gasteiger partial charge in [0.15, 0.2) is 0 Å². The molecule has 0 bridgehead atoms. The van der Waals surface area contributed by atoms with Crippen LogP contribution in [0, 0.1) is 5.92 Å². The van der Waals surface area contributed by atoms with E-state index in [1.165, 1.54) is 29.7 Å². The Labute approximate surface area is 208 Å². The summed E-state index contributed by atoms with van der Waals surface area (Å²) in [5, 5.41) is 19.7. The average molecular weight is 485 g/mol. The van der Waals surface area contributed by atoms with Crippen LogP contribution in [0.5, 0.6) is 0 Å². The zero-order chi connectivity index (χ0) is 24.8. The molecule has 192 valence electrons. The van der Waals surface area contributed by atoms with Crippen molar-refractivity contribution in [2.24, 2.45) is 5.92 Å². The van der Waals surface area contributed by atoms with Crippen LogP contribution in [0.1, 0.15) is 50.5 Å². The fourth-order valence-electron chi connectivity index (χ4n) is 6.75. The van der Waals surface area contributed by atoms with Gasteiger partial charge in [0.25, 0.3) is 0 Å². The first-order chi connectivity index (χ1) is 16.7. The maximum atomic E-state index is 13.7. The molecule has 1 aromatic rings. The Kier molecular flexibility index (Phi) is 6.57. The van der Waals surface area contributed by atoms with Crippen LogP contribution in [0.2, 0.25) is 0 Å². The maximum Gasteiger partial charge on any atom is 0.321 e. The Morgan fingerprint density at radius 2 is 1.66 bits per heavy atom. The Morgan fingerprint density at radius 1 is 1.03 bits per heavy atom. The molecule has 0 radical (unpaired) electrons. The van der Waals surface area contributed by atoms with Crippen LogP contribution in [0.3, 0.4) is 0 Å². The van der Waals surface area contributed by atoms with E-state index in [0.717, 1.165) is 32.2 Å². The molecule has 2 aliphatic heterocycles. The predicted octanol–water partition coefficient (Wildman–Crippen LogP) is 1.86. The maximum absolute atomic E-state index is 13.7. The molecular weight excluding hydrogens is 444 g/mol. The number of hydrogen-bond donors (Lipinski definition) is 2. The van der Waals surface area contributed by atoms with Crippen molar-refractivity contribution >= 4 is 11.9 Å². The normalized spacial score (nSPS) is 33.7. The monoisotopic (exact) mass is 484 g/mol. The van der Waals surface area contributed by atoms with E-state index in [4.69, 9.17) is 0 Å². The molecule has 3 amide bonds. The number of amides is 3. The molecule has 4 aliphatic rings. The van der Waals surface area contributed by atoms with Crippen LogP contribution in [0.15, 0.2) is 30.3 Å². The summed E-state index contributed by atoms with van der Waals surface area (Å²) in [6.07, 6.45) is 5.50. The van der Waals surface area contributed by atoms with Crippen molar-refractivity contribution in [3.63, 3.8) is 0 Å². The second-order valence-corrected chi connectivity index (χ2v) is 11.5. The summed E-state index contributed by atoms with van der Waals surface area (Å²) in [6, 6.07) is 10.7. The van der Waals surface area contributed by atoms with E-state index < -0.39 is 12.2 Å². The summed E-state index contributed by atoms with van der Waals surface area (Å²) >= 11 is 0. The minimum Gasteiger partial charge on any atom is -0.388 e. The van der Waals surface area contributed by atoms with Gasteiger partial charge in [0.1, 0.15) is 6.54 Å². The molecular formula is C27H40N4O4. The van der Waals surface area contributed by atoms with Gasteiger partial charge in [-0.05, 0) is 64.1 Å². The highest BCUT2D eigenvalue weighted by Crippen LogP contribution is 2.49. The van der Waals surface area contributed by atoms with Crippen LogP contribution in [0.4, 0.5) is 4.79 Å². The lowest BCUT2D eigenvalue weighted by molar-refractivity contribution is -0.131. The zero-order valence-corrected chi connectivity index (χ0v) is 21.1. The topological polar surface area (TPSA) is 87.6 Å². The van der Waals surface area contributed by atoms with Crippen molar-refractivity contribution in [3.05, 3.63) is 35.9 Å². The third-order valence-electron chi connectivity index (χ3n) is 9.34. The van der Waals surface area contributed by atoms with E-state index in [-0.39, 0.29) is 42.7 Å². The van der Waals surface area contributed by atoms with Gasteiger partial charge in [-0.15, -0.1) is 0 Å². The van der Waals surface area contributed by atoms with Crippen LogP contribution < -0.4 is 0 Å².